The molecule has 0 N–H and O–H groups in total. The summed E-state index contributed by atoms with van der Waals surface area (Å²) in [6.07, 6.45) is 5.49. The Morgan fingerprint density at radius 3 is 2.60 bits per heavy atom. The third-order valence-corrected chi connectivity index (χ3v) is 5.32. The summed E-state index contributed by atoms with van der Waals surface area (Å²) in [5, 5.41) is 2.70. The number of imidazole rings is 1. The first-order valence-corrected chi connectivity index (χ1v) is 10.4. The smallest absolute Gasteiger partial charge is 0.312 e. The second-order valence-electron chi connectivity index (χ2n) is 6.81. The predicted octanol–water partition coefficient (Wildman–Crippen LogP) is 4.50. The molecule has 4 rings (SSSR count). The minimum atomic E-state index is -0.301. The number of carbonyl (C=O) groups excluding carboxylic acids is 1. The number of ether oxygens (including phenoxy) is 2. The molecule has 7 heteroatoms. The highest BCUT2D eigenvalue weighted by Crippen LogP contribution is 2.17. The molecule has 0 amide bonds. The molecule has 0 bridgehead atoms. The van der Waals surface area contributed by atoms with Gasteiger partial charge in [0.1, 0.15) is 24.0 Å². The van der Waals surface area contributed by atoms with Crippen LogP contribution in [0.4, 0.5) is 0 Å². The van der Waals surface area contributed by atoms with Crippen LogP contribution in [0.1, 0.15) is 21.8 Å². The Morgan fingerprint density at radius 1 is 1.07 bits per heavy atom. The largest absolute Gasteiger partial charge is 0.486 e. The van der Waals surface area contributed by atoms with Crippen molar-refractivity contribution in [3.8, 4) is 11.4 Å². The maximum atomic E-state index is 12.2. The third kappa shape index (κ3) is 5.33. The highest BCUT2D eigenvalue weighted by Gasteiger charge is 2.10. The van der Waals surface area contributed by atoms with Crippen molar-refractivity contribution < 1.29 is 14.3 Å². The van der Waals surface area contributed by atoms with Gasteiger partial charge < -0.3 is 14.0 Å². The molecule has 4 aromatic rings. The summed E-state index contributed by atoms with van der Waals surface area (Å²) in [6, 6.07) is 15.7. The van der Waals surface area contributed by atoms with Crippen molar-refractivity contribution in [2.45, 2.75) is 26.6 Å². The highest BCUT2D eigenvalue weighted by atomic mass is 32.1. The number of aromatic nitrogens is 3. The number of carbonyl (C=O) groups is 1. The molecule has 0 fully saturated rings. The van der Waals surface area contributed by atoms with Gasteiger partial charge in [0, 0.05) is 23.5 Å². The van der Waals surface area contributed by atoms with Gasteiger partial charge >= 0.3 is 5.97 Å². The minimum absolute atomic E-state index is 0.147. The molecule has 2 aromatic carbocycles. The zero-order chi connectivity index (χ0) is 20.8. The van der Waals surface area contributed by atoms with Crippen LogP contribution in [0.15, 0.2) is 72.6 Å². The second-order valence-corrected chi connectivity index (χ2v) is 7.75. The van der Waals surface area contributed by atoms with Crippen molar-refractivity contribution in [2.24, 2.45) is 0 Å². The number of esters is 1. The van der Waals surface area contributed by atoms with E-state index < -0.39 is 0 Å². The molecule has 2 aromatic heterocycles. The molecule has 152 valence electrons. The van der Waals surface area contributed by atoms with Gasteiger partial charge in [0.25, 0.3) is 0 Å². The van der Waals surface area contributed by atoms with Gasteiger partial charge in [0.2, 0.25) is 0 Å². The Hall–Kier alpha value is -3.45. The molecule has 0 saturated heterocycles. The number of thiazole rings is 1. The fraction of sp³-hybridized carbons (Fsp3) is 0.174. The lowest BCUT2D eigenvalue weighted by atomic mass is 10.2. The number of hydrogen-bond acceptors (Lipinski definition) is 6. The average Bonchev–Trinajstić information content (AvgIpc) is 3.45. The number of nitrogens with zero attached hydrogens (tertiary/aromatic N) is 3. The predicted molar refractivity (Wildman–Crippen MR) is 115 cm³/mol. The summed E-state index contributed by atoms with van der Waals surface area (Å²) in [5.41, 5.74) is 3.82. The van der Waals surface area contributed by atoms with E-state index in [1.54, 1.807) is 12.5 Å². The molecule has 0 atom stereocenters. The van der Waals surface area contributed by atoms with Gasteiger partial charge in [-0.3, -0.25) is 4.79 Å². The maximum Gasteiger partial charge on any atom is 0.312 e. The molecule has 0 saturated carbocycles. The molecule has 0 unspecified atom stereocenters. The fourth-order valence-electron chi connectivity index (χ4n) is 2.81. The van der Waals surface area contributed by atoms with Crippen LogP contribution in [0, 0.1) is 6.92 Å². The van der Waals surface area contributed by atoms with E-state index in [-0.39, 0.29) is 19.0 Å². The zero-order valence-corrected chi connectivity index (χ0v) is 17.3. The summed E-state index contributed by atoms with van der Waals surface area (Å²) >= 11 is 1.48. The molecular formula is C23H21N3O3S. The van der Waals surface area contributed by atoms with Crippen molar-refractivity contribution in [3.63, 3.8) is 0 Å². The lowest BCUT2D eigenvalue weighted by molar-refractivity contribution is -0.144. The standard InChI is InChI=1S/C23H21N3O3S/c1-17-2-8-21(9-3-17)28-14-22-25-19(15-30-22)12-23(27)29-13-18-4-6-20(7-5-18)26-11-10-24-16-26/h2-11,15-16H,12-14H2,1H3. The normalized spacial score (nSPS) is 10.7. The van der Waals surface area contributed by atoms with Crippen molar-refractivity contribution in [3.05, 3.63) is 94.5 Å². The SMILES string of the molecule is Cc1ccc(OCc2nc(CC(=O)OCc3ccc(-n4ccnc4)cc3)cs2)cc1. The van der Waals surface area contributed by atoms with Gasteiger partial charge in [0.15, 0.2) is 0 Å². The Bertz CT molecular complexity index is 1090. The van der Waals surface area contributed by atoms with E-state index >= 15 is 0 Å². The Balaban J connectivity index is 1.24. The lowest BCUT2D eigenvalue weighted by Gasteiger charge is -2.06. The average molecular weight is 420 g/mol. The summed E-state index contributed by atoms with van der Waals surface area (Å²) in [4.78, 5) is 20.7. The Kier molecular flexibility index (Phi) is 6.20. The van der Waals surface area contributed by atoms with Gasteiger partial charge in [-0.25, -0.2) is 9.97 Å². The van der Waals surface area contributed by atoms with Crippen LogP contribution < -0.4 is 4.74 Å². The van der Waals surface area contributed by atoms with Crippen LogP contribution in [0.3, 0.4) is 0 Å². The van der Waals surface area contributed by atoms with Gasteiger partial charge in [-0.1, -0.05) is 29.8 Å². The van der Waals surface area contributed by atoms with Gasteiger partial charge in [0.05, 0.1) is 18.4 Å². The van der Waals surface area contributed by atoms with Crippen LogP contribution in [-0.2, 0) is 29.2 Å². The molecule has 2 heterocycles. The van der Waals surface area contributed by atoms with Gasteiger partial charge in [-0.2, -0.15) is 0 Å². The summed E-state index contributed by atoms with van der Waals surface area (Å²) in [7, 11) is 0. The summed E-state index contributed by atoms with van der Waals surface area (Å²) in [6.45, 7) is 2.65. The molecule has 6 nitrogen and oxygen atoms in total. The molecule has 0 aliphatic carbocycles. The van der Waals surface area contributed by atoms with Crippen molar-refractivity contribution in [1.82, 2.24) is 14.5 Å². The van der Waals surface area contributed by atoms with E-state index in [2.05, 4.69) is 9.97 Å². The zero-order valence-electron chi connectivity index (χ0n) is 16.5. The van der Waals surface area contributed by atoms with Crippen LogP contribution >= 0.6 is 11.3 Å². The number of aryl methyl sites for hydroxylation is 1. The van der Waals surface area contributed by atoms with Crippen LogP contribution in [-0.4, -0.2) is 20.5 Å². The van der Waals surface area contributed by atoms with Crippen LogP contribution in [0.25, 0.3) is 5.69 Å². The summed E-state index contributed by atoms with van der Waals surface area (Å²) in [5.74, 6) is 0.501. The van der Waals surface area contributed by atoms with Crippen molar-refractivity contribution in [2.75, 3.05) is 0 Å². The lowest BCUT2D eigenvalue weighted by Crippen LogP contribution is -2.08. The molecule has 0 aliphatic rings. The number of hydrogen-bond donors (Lipinski definition) is 0. The van der Waals surface area contributed by atoms with E-state index in [0.29, 0.717) is 12.3 Å². The first-order valence-electron chi connectivity index (χ1n) is 9.51. The van der Waals surface area contributed by atoms with E-state index in [1.807, 2.05) is 71.6 Å². The van der Waals surface area contributed by atoms with Crippen molar-refractivity contribution in [1.29, 1.82) is 0 Å². The first kappa shape index (κ1) is 19.8. The number of rotatable bonds is 8. The third-order valence-electron chi connectivity index (χ3n) is 4.45. The monoisotopic (exact) mass is 419 g/mol. The molecular weight excluding hydrogens is 398 g/mol. The van der Waals surface area contributed by atoms with Crippen molar-refractivity contribution >= 4 is 17.3 Å². The Labute approximate surface area is 178 Å². The highest BCUT2D eigenvalue weighted by molar-refractivity contribution is 7.09. The van der Waals surface area contributed by atoms with Crippen LogP contribution in [0.5, 0.6) is 5.75 Å². The topological polar surface area (TPSA) is 66.2 Å². The molecule has 0 spiro atoms. The fourth-order valence-corrected chi connectivity index (χ4v) is 3.52. The van der Waals surface area contributed by atoms with E-state index in [1.165, 1.54) is 16.9 Å². The minimum Gasteiger partial charge on any atom is -0.486 e. The van der Waals surface area contributed by atoms with Gasteiger partial charge in [-0.15, -0.1) is 11.3 Å². The summed E-state index contributed by atoms with van der Waals surface area (Å²) < 4.78 is 13.0. The second kappa shape index (κ2) is 9.37. The molecule has 0 radical (unpaired) electrons. The quantitative estimate of drug-likeness (QED) is 0.393. The van der Waals surface area contributed by atoms with E-state index in [9.17, 15) is 4.79 Å². The van der Waals surface area contributed by atoms with E-state index in [4.69, 9.17) is 9.47 Å². The Morgan fingerprint density at radius 2 is 1.87 bits per heavy atom. The van der Waals surface area contributed by atoms with Gasteiger partial charge in [-0.05, 0) is 36.8 Å². The molecule has 0 aliphatic heterocycles. The number of benzene rings is 2. The molecule has 30 heavy (non-hydrogen) atoms. The first-order chi connectivity index (χ1) is 14.7. The van der Waals surface area contributed by atoms with Crippen LogP contribution in [0.2, 0.25) is 0 Å². The van der Waals surface area contributed by atoms with E-state index in [0.717, 1.165) is 22.0 Å². The maximum absolute atomic E-state index is 12.2.